The summed E-state index contributed by atoms with van der Waals surface area (Å²) in [6.07, 6.45) is 1.41. The Morgan fingerprint density at radius 2 is 1.70 bits per heavy atom. The van der Waals surface area contributed by atoms with E-state index in [1.807, 2.05) is 0 Å². The first-order valence-corrected chi connectivity index (χ1v) is 6.59. The molecule has 1 aliphatic rings. The first-order valence-electron chi connectivity index (χ1n) is 5.71. The molecule has 0 atom stereocenters. The Morgan fingerprint density at radius 3 is 2.20 bits per heavy atom. The Morgan fingerprint density at radius 1 is 1.10 bits per heavy atom. The third-order valence-electron chi connectivity index (χ3n) is 3.00. The molecule has 1 heterocycles. The number of nitrogens with zero attached hydrogens (tertiary/aromatic N) is 1. The molecule has 1 aromatic heterocycles. The molecule has 6 heteroatoms. The van der Waals surface area contributed by atoms with E-state index in [9.17, 15) is 19.7 Å². The van der Waals surface area contributed by atoms with E-state index in [4.69, 9.17) is 0 Å². The lowest BCUT2D eigenvalue weighted by Gasteiger charge is -1.91. The maximum absolute atomic E-state index is 12.1. The standard InChI is InChI=1S/C14H7NO4S/c16-13-9-3-1-2-4-10(9)14(17)11(13)5-8-6-12(15(18)19)20-7-8/h1-7H. The van der Waals surface area contributed by atoms with Crippen LogP contribution in [-0.4, -0.2) is 16.5 Å². The number of fused-ring (bicyclic) bond motifs is 1. The fourth-order valence-electron chi connectivity index (χ4n) is 2.08. The molecular weight excluding hydrogens is 278 g/mol. The van der Waals surface area contributed by atoms with Crippen LogP contribution in [0.3, 0.4) is 0 Å². The molecule has 2 aromatic rings. The second-order valence-corrected chi connectivity index (χ2v) is 5.13. The fourth-order valence-corrected chi connectivity index (χ4v) is 2.76. The zero-order valence-corrected chi connectivity index (χ0v) is 10.8. The van der Waals surface area contributed by atoms with Crippen LogP contribution in [0, 0.1) is 10.1 Å². The Hall–Kier alpha value is -2.60. The van der Waals surface area contributed by atoms with Gasteiger partial charge in [0.1, 0.15) is 0 Å². The van der Waals surface area contributed by atoms with Gasteiger partial charge in [-0.15, -0.1) is 0 Å². The SMILES string of the molecule is O=C1C(=Cc2csc([N+](=O)[O-])c2)C(=O)c2ccccc21. The van der Waals surface area contributed by atoms with Crippen LogP contribution in [0.4, 0.5) is 5.00 Å². The van der Waals surface area contributed by atoms with Gasteiger partial charge in [0.2, 0.25) is 0 Å². The fraction of sp³-hybridized carbons (Fsp3) is 0. The van der Waals surface area contributed by atoms with E-state index < -0.39 is 4.92 Å². The number of nitro groups is 1. The van der Waals surface area contributed by atoms with Gasteiger partial charge in [0.15, 0.2) is 11.6 Å². The quantitative estimate of drug-likeness (QED) is 0.367. The number of carbonyl (C=O) groups excluding carboxylic acids is 2. The minimum Gasteiger partial charge on any atom is -0.288 e. The van der Waals surface area contributed by atoms with Crippen LogP contribution in [0.15, 0.2) is 41.3 Å². The second kappa shape index (κ2) is 4.50. The average molecular weight is 285 g/mol. The lowest BCUT2D eigenvalue weighted by molar-refractivity contribution is -0.380. The van der Waals surface area contributed by atoms with E-state index in [0.29, 0.717) is 16.7 Å². The van der Waals surface area contributed by atoms with E-state index >= 15 is 0 Å². The predicted molar refractivity (Wildman–Crippen MR) is 74.1 cm³/mol. The molecule has 98 valence electrons. The highest BCUT2D eigenvalue weighted by atomic mass is 32.1. The zero-order chi connectivity index (χ0) is 14.3. The van der Waals surface area contributed by atoms with Crippen molar-refractivity contribution in [1.29, 1.82) is 0 Å². The van der Waals surface area contributed by atoms with Crippen molar-refractivity contribution in [3.05, 3.63) is 68.1 Å². The van der Waals surface area contributed by atoms with E-state index in [-0.39, 0.29) is 22.1 Å². The van der Waals surface area contributed by atoms with Gasteiger partial charge in [-0.1, -0.05) is 35.6 Å². The molecular formula is C14H7NO4S. The molecule has 0 aliphatic heterocycles. The monoisotopic (exact) mass is 285 g/mol. The minimum absolute atomic E-state index is 0.0211. The van der Waals surface area contributed by atoms with Gasteiger partial charge in [-0.2, -0.15) is 0 Å². The summed E-state index contributed by atoms with van der Waals surface area (Å²) in [6.45, 7) is 0. The maximum Gasteiger partial charge on any atom is 0.324 e. The molecule has 0 saturated carbocycles. The normalized spacial score (nSPS) is 13.5. The van der Waals surface area contributed by atoms with Gasteiger partial charge >= 0.3 is 5.00 Å². The van der Waals surface area contributed by atoms with Gasteiger partial charge in [0.05, 0.1) is 10.5 Å². The van der Waals surface area contributed by atoms with Crippen molar-refractivity contribution < 1.29 is 14.5 Å². The summed E-state index contributed by atoms with van der Waals surface area (Å²) < 4.78 is 0. The van der Waals surface area contributed by atoms with Crippen LogP contribution in [0.25, 0.3) is 6.08 Å². The van der Waals surface area contributed by atoms with Crippen LogP contribution >= 0.6 is 11.3 Å². The predicted octanol–water partition coefficient (Wildman–Crippen LogP) is 3.12. The molecule has 0 radical (unpaired) electrons. The summed E-state index contributed by atoms with van der Waals surface area (Å²) in [5, 5.41) is 12.1. The molecule has 0 spiro atoms. The first kappa shape index (κ1) is 12.4. The molecule has 0 unspecified atom stereocenters. The Balaban J connectivity index is 2.03. The summed E-state index contributed by atoms with van der Waals surface area (Å²) >= 11 is 0.961. The van der Waals surface area contributed by atoms with E-state index in [1.54, 1.807) is 29.6 Å². The topological polar surface area (TPSA) is 77.3 Å². The minimum atomic E-state index is -0.500. The summed E-state index contributed by atoms with van der Waals surface area (Å²) in [6, 6.07) is 7.95. The number of hydrogen-bond acceptors (Lipinski definition) is 5. The van der Waals surface area contributed by atoms with Gasteiger partial charge < -0.3 is 0 Å². The number of carbonyl (C=O) groups is 2. The van der Waals surface area contributed by atoms with Crippen molar-refractivity contribution in [2.24, 2.45) is 0 Å². The van der Waals surface area contributed by atoms with Gasteiger partial charge in [-0.3, -0.25) is 19.7 Å². The molecule has 3 rings (SSSR count). The summed E-state index contributed by atoms with van der Waals surface area (Å²) in [7, 11) is 0. The van der Waals surface area contributed by atoms with Gasteiger partial charge in [0, 0.05) is 22.6 Å². The van der Waals surface area contributed by atoms with Crippen molar-refractivity contribution in [3.63, 3.8) is 0 Å². The van der Waals surface area contributed by atoms with E-state index in [1.165, 1.54) is 12.1 Å². The van der Waals surface area contributed by atoms with Crippen LogP contribution in [0.5, 0.6) is 0 Å². The van der Waals surface area contributed by atoms with Crippen molar-refractivity contribution in [2.75, 3.05) is 0 Å². The van der Waals surface area contributed by atoms with E-state index in [0.717, 1.165) is 11.3 Å². The number of Topliss-reactive ketones (excluding diaryl/α,β-unsaturated/α-hetero) is 2. The third kappa shape index (κ3) is 1.86. The van der Waals surface area contributed by atoms with Gasteiger partial charge in [0.25, 0.3) is 0 Å². The second-order valence-electron chi connectivity index (χ2n) is 4.24. The molecule has 1 aromatic carbocycles. The zero-order valence-electron chi connectivity index (χ0n) is 10.0. The van der Waals surface area contributed by atoms with Crippen molar-refractivity contribution in [2.45, 2.75) is 0 Å². The molecule has 0 saturated heterocycles. The summed E-state index contributed by atoms with van der Waals surface area (Å²) in [5.74, 6) is -0.668. The van der Waals surface area contributed by atoms with Gasteiger partial charge in [-0.25, -0.2) is 0 Å². The lowest BCUT2D eigenvalue weighted by Crippen LogP contribution is -1.99. The number of allylic oxidation sites excluding steroid dienone is 1. The third-order valence-corrected chi connectivity index (χ3v) is 3.90. The average Bonchev–Trinajstić information content (AvgIpc) is 3.00. The molecule has 0 amide bonds. The van der Waals surface area contributed by atoms with Crippen LogP contribution in [0.2, 0.25) is 0 Å². The lowest BCUT2D eigenvalue weighted by atomic mass is 10.1. The van der Waals surface area contributed by atoms with Crippen molar-refractivity contribution in [1.82, 2.24) is 0 Å². The number of ketones is 2. The highest BCUT2D eigenvalue weighted by molar-refractivity contribution is 7.13. The molecule has 5 nitrogen and oxygen atoms in total. The highest BCUT2D eigenvalue weighted by Crippen LogP contribution is 2.30. The number of benzene rings is 1. The van der Waals surface area contributed by atoms with Crippen LogP contribution in [-0.2, 0) is 0 Å². The summed E-state index contributed by atoms with van der Waals surface area (Å²) in [5.41, 5.74) is 1.31. The highest BCUT2D eigenvalue weighted by Gasteiger charge is 2.32. The van der Waals surface area contributed by atoms with Crippen molar-refractivity contribution in [3.8, 4) is 0 Å². The van der Waals surface area contributed by atoms with Crippen molar-refractivity contribution >= 4 is 34.0 Å². The number of rotatable bonds is 2. The Kier molecular flexibility index (Phi) is 2.80. The smallest absolute Gasteiger partial charge is 0.288 e. The number of hydrogen-bond donors (Lipinski definition) is 0. The van der Waals surface area contributed by atoms with E-state index in [2.05, 4.69) is 0 Å². The van der Waals surface area contributed by atoms with Gasteiger partial charge in [-0.05, 0) is 11.6 Å². The maximum atomic E-state index is 12.1. The van der Waals surface area contributed by atoms with Crippen LogP contribution < -0.4 is 0 Å². The molecule has 1 aliphatic carbocycles. The van der Waals surface area contributed by atoms with Crippen LogP contribution in [0.1, 0.15) is 26.3 Å². The molecule has 0 N–H and O–H groups in total. The largest absolute Gasteiger partial charge is 0.324 e. The molecule has 20 heavy (non-hydrogen) atoms. The summed E-state index contributed by atoms with van der Waals surface area (Å²) in [4.78, 5) is 34.4. The molecule has 0 fully saturated rings. The Bertz CT molecular complexity index is 751. The molecule has 0 bridgehead atoms. The number of thiophene rings is 1. The Labute approximate surface area is 117 Å². The first-order chi connectivity index (χ1) is 9.58.